The Kier molecular flexibility index (Phi) is 2.45. The highest BCUT2D eigenvalue weighted by atomic mass is 35.5. The maximum Gasteiger partial charge on any atom is 0.230 e. The predicted octanol–water partition coefficient (Wildman–Crippen LogP) is 3.87. The van der Waals surface area contributed by atoms with Gasteiger partial charge in [-0.1, -0.05) is 17.7 Å². The maximum atomic E-state index is 13.7. The summed E-state index contributed by atoms with van der Waals surface area (Å²) < 4.78 is 19.2. The Morgan fingerprint density at radius 2 is 2.06 bits per heavy atom. The molecule has 0 spiro atoms. The van der Waals surface area contributed by atoms with Crippen LogP contribution in [0.3, 0.4) is 0 Å². The fraction of sp³-hybridized carbons (Fsp3) is 0. The number of aromatic nitrogens is 1. The molecule has 3 rings (SSSR count). The van der Waals surface area contributed by atoms with E-state index in [-0.39, 0.29) is 11.5 Å². The molecule has 1 heterocycles. The Hall–Kier alpha value is -2.07. The second-order valence-electron chi connectivity index (χ2n) is 3.84. The van der Waals surface area contributed by atoms with E-state index in [1.165, 1.54) is 18.2 Å². The van der Waals surface area contributed by atoms with Crippen LogP contribution in [0.1, 0.15) is 0 Å². The molecule has 2 N–H and O–H groups in total. The van der Waals surface area contributed by atoms with Crippen LogP contribution in [0.4, 0.5) is 10.1 Å². The third-order valence-corrected chi connectivity index (χ3v) is 2.84. The summed E-state index contributed by atoms with van der Waals surface area (Å²) >= 11 is 5.84. The molecular formula is C13H8ClFN2O. The minimum atomic E-state index is -0.440. The van der Waals surface area contributed by atoms with Crippen molar-refractivity contribution >= 4 is 28.4 Å². The quantitative estimate of drug-likeness (QED) is 0.677. The first-order valence-corrected chi connectivity index (χ1v) is 5.63. The third kappa shape index (κ3) is 1.71. The number of nitrogen functional groups attached to an aromatic ring is 1. The Balaban J connectivity index is 2.26. The molecule has 0 aliphatic carbocycles. The molecule has 90 valence electrons. The van der Waals surface area contributed by atoms with Crippen molar-refractivity contribution in [3.8, 4) is 11.5 Å². The lowest BCUT2D eigenvalue weighted by molar-refractivity contribution is 0.593. The highest BCUT2D eigenvalue weighted by Gasteiger charge is 2.14. The van der Waals surface area contributed by atoms with Crippen LogP contribution < -0.4 is 5.73 Å². The summed E-state index contributed by atoms with van der Waals surface area (Å²) in [5, 5.41) is 0.418. The van der Waals surface area contributed by atoms with E-state index in [0.717, 1.165) is 0 Å². The third-order valence-electron chi connectivity index (χ3n) is 2.61. The van der Waals surface area contributed by atoms with Gasteiger partial charge in [-0.2, -0.15) is 0 Å². The molecule has 1 aromatic heterocycles. The van der Waals surface area contributed by atoms with Gasteiger partial charge in [0.15, 0.2) is 5.58 Å². The minimum Gasteiger partial charge on any atom is -0.436 e. The van der Waals surface area contributed by atoms with E-state index in [1.54, 1.807) is 18.2 Å². The zero-order chi connectivity index (χ0) is 12.7. The van der Waals surface area contributed by atoms with Gasteiger partial charge in [0.25, 0.3) is 0 Å². The van der Waals surface area contributed by atoms with Crippen LogP contribution in [0.25, 0.3) is 22.6 Å². The molecule has 0 radical (unpaired) electrons. The van der Waals surface area contributed by atoms with Crippen molar-refractivity contribution in [2.45, 2.75) is 0 Å². The SMILES string of the molecule is Nc1cccc2oc(-c3cc(Cl)ccc3F)nc12. The lowest BCUT2D eigenvalue weighted by atomic mass is 10.2. The molecule has 0 atom stereocenters. The topological polar surface area (TPSA) is 52.0 Å². The summed E-state index contributed by atoms with van der Waals surface area (Å²) in [5.41, 5.74) is 7.52. The lowest BCUT2D eigenvalue weighted by Crippen LogP contribution is -1.86. The number of nitrogens with zero attached hydrogens (tertiary/aromatic N) is 1. The molecule has 0 unspecified atom stereocenters. The van der Waals surface area contributed by atoms with E-state index < -0.39 is 5.82 Å². The van der Waals surface area contributed by atoms with Gasteiger partial charge >= 0.3 is 0 Å². The van der Waals surface area contributed by atoms with Gasteiger partial charge in [0, 0.05) is 5.02 Å². The van der Waals surface area contributed by atoms with E-state index in [1.807, 2.05) is 0 Å². The summed E-state index contributed by atoms with van der Waals surface area (Å²) in [6.45, 7) is 0. The summed E-state index contributed by atoms with van der Waals surface area (Å²) in [5.74, 6) is -0.271. The van der Waals surface area contributed by atoms with Gasteiger partial charge in [-0.05, 0) is 30.3 Å². The van der Waals surface area contributed by atoms with Crippen LogP contribution in [-0.4, -0.2) is 4.98 Å². The Bertz CT molecular complexity index is 739. The molecule has 0 aliphatic rings. The zero-order valence-electron chi connectivity index (χ0n) is 9.15. The number of halogens is 2. The minimum absolute atomic E-state index is 0.169. The van der Waals surface area contributed by atoms with Crippen molar-refractivity contribution in [3.63, 3.8) is 0 Å². The number of benzene rings is 2. The van der Waals surface area contributed by atoms with Crippen molar-refractivity contribution in [1.82, 2.24) is 4.98 Å². The Labute approximate surface area is 107 Å². The molecule has 0 fully saturated rings. The van der Waals surface area contributed by atoms with Crippen molar-refractivity contribution in [2.24, 2.45) is 0 Å². The van der Waals surface area contributed by atoms with Crippen LogP contribution in [0, 0.1) is 5.82 Å². The van der Waals surface area contributed by atoms with Gasteiger partial charge in [0.05, 0.1) is 11.3 Å². The Morgan fingerprint density at radius 1 is 1.22 bits per heavy atom. The molecule has 3 nitrogen and oxygen atoms in total. The second kappa shape index (κ2) is 3.99. The fourth-order valence-corrected chi connectivity index (χ4v) is 1.92. The normalized spacial score (nSPS) is 11.0. The summed E-state index contributed by atoms with van der Waals surface area (Å²) in [7, 11) is 0. The highest BCUT2D eigenvalue weighted by Crippen LogP contribution is 2.30. The van der Waals surface area contributed by atoms with Gasteiger partial charge < -0.3 is 10.2 Å². The second-order valence-corrected chi connectivity index (χ2v) is 4.27. The largest absolute Gasteiger partial charge is 0.436 e. The van der Waals surface area contributed by atoms with Crippen LogP contribution in [-0.2, 0) is 0 Å². The molecule has 18 heavy (non-hydrogen) atoms. The molecule has 5 heteroatoms. The van der Waals surface area contributed by atoms with E-state index in [4.69, 9.17) is 21.8 Å². The van der Waals surface area contributed by atoms with Crippen LogP contribution in [0.2, 0.25) is 5.02 Å². The number of anilines is 1. The predicted molar refractivity (Wildman–Crippen MR) is 68.8 cm³/mol. The number of hydrogen-bond donors (Lipinski definition) is 1. The van der Waals surface area contributed by atoms with Crippen molar-refractivity contribution in [3.05, 3.63) is 47.2 Å². The smallest absolute Gasteiger partial charge is 0.230 e. The number of para-hydroxylation sites is 1. The van der Waals surface area contributed by atoms with Gasteiger partial charge in [0.1, 0.15) is 11.3 Å². The molecule has 0 bridgehead atoms. The van der Waals surface area contributed by atoms with Crippen molar-refractivity contribution in [2.75, 3.05) is 5.73 Å². The number of rotatable bonds is 1. The first-order chi connectivity index (χ1) is 8.65. The van der Waals surface area contributed by atoms with E-state index in [2.05, 4.69) is 4.98 Å². The summed E-state index contributed by atoms with van der Waals surface area (Å²) in [4.78, 5) is 4.19. The van der Waals surface area contributed by atoms with E-state index >= 15 is 0 Å². The van der Waals surface area contributed by atoms with Crippen molar-refractivity contribution < 1.29 is 8.81 Å². The number of oxazole rings is 1. The fourth-order valence-electron chi connectivity index (χ4n) is 1.75. The highest BCUT2D eigenvalue weighted by molar-refractivity contribution is 6.30. The van der Waals surface area contributed by atoms with Gasteiger partial charge in [0.2, 0.25) is 5.89 Å². The van der Waals surface area contributed by atoms with E-state index in [0.29, 0.717) is 21.8 Å². The average Bonchev–Trinajstić information content (AvgIpc) is 2.77. The molecular weight excluding hydrogens is 255 g/mol. The Morgan fingerprint density at radius 3 is 2.83 bits per heavy atom. The maximum absolute atomic E-state index is 13.7. The monoisotopic (exact) mass is 262 g/mol. The summed E-state index contributed by atoms with van der Waals surface area (Å²) in [6.07, 6.45) is 0. The first-order valence-electron chi connectivity index (χ1n) is 5.25. The van der Waals surface area contributed by atoms with Crippen LogP contribution in [0.15, 0.2) is 40.8 Å². The molecule has 0 amide bonds. The van der Waals surface area contributed by atoms with Gasteiger partial charge in [-0.25, -0.2) is 9.37 Å². The molecule has 3 aromatic rings. The lowest BCUT2D eigenvalue weighted by Gasteiger charge is -1.98. The first kappa shape index (κ1) is 11.0. The van der Waals surface area contributed by atoms with Gasteiger partial charge in [-0.3, -0.25) is 0 Å². The van der Waals surface area contributed by atoms with Crippen molar-refractivity contribution in [1.29, 1.82) is 0 Å². The standard InChI is InChI=1S/C13H8ClFN2O/c14-7-4-5-9(15)8(6-7)13-17-12-10(16)2-1-3-11(12)18-13/h1-6H,16H2. The van der Waals surface area contributed by atoms with Crippen LogP contribution >= 0.6 is 11.6 Å². The zero-order valence-corrected chi connectivity index (χ0v) is 9.91. The molecule has 0 saturated heterocycles. The molecule has 2 aromatic carbocycles. The number of fused-ring (bicyclic) bond motifs is 1. The molecule has 0 aliphatic heterocycles. The average molecular weight is 263 g/mol. The number of hydrogen-bond acceptors (Lipinski definition) is 3. The van der Waals surface area contributed by atoms with E-state index in [9.17, 15) is 4.39 Å². The summed E-state index contributed by atoms with van der Waals surface area (Å²) in [6, 6.07) is 9.40. The molecule has 0 saturated carbocycles. The van der Waals surface area contributed by atoms with Gasteiger partial charge in [-0.15, -0.1) is 0 Å². The number of nitrogens with two attached hydrogens (primary N) is 1. The van der Waals surface area contributed by atoms with Crippen LogP contribution in [0.5, 0.6) is 0 Å².